The summed E-state index contributed by atoms with van der Waals surface area (Å²) >= 11 is 0. The molecule has 1 aliphatic heterocycles. The van der Waals surface area contributed by atoms with Gasteiger partial charge in [0.25, 0.3) is 0 Å². The van der Waals surface area contributed by atoms with Crippen molar-refractivity contribution in [1.82, 2.24) is 15.1 Å². The maximum Gasteiger partial charge on any atom is 0.233 e. The van der Waals surface area contributed by atoms with E-state index in [9.17, 15) is 5.11 Å². The van der Waals surface area contributed by atoms with Gasteiger partial charge in [0, 0.05) is 13.5 Å². The summed E-state index contributed by atoms with van der Waals surface area (Å²) in [4.78, 5) is 2.18. The first-order chi connectivity index (χ1) is 7.16. The van der Waals surface area contributed by atoms with Crippen LogP contribution in [0.5, 0.6) is 0 Å². The van der Waals surface area contributed by atoms with E-state index in [0.29, 0.717) is 18.3 Å². The van der Waals surface area contributed by atoms with Gasteiger partial charge in [-0.1, -0.05) is 0 Å². The normalized spacial score (nSPS) is 25.4. The minimum absolute atomic E-state index is 0.0983. The molecule has 1 saturated heterocycles. The highest BCUT2D eigenvalue weighted by molar-refractivity contribution is 4.90. The summed E-state index contributed by atoms with van der Waals surface area (Å²) in [7, 11) is 0. The monoisotopic (exact) mass is 211 g/mol. The minimum Gasteiger partial charge on any atom is -0.424 e. The molecule has 2 heterocycles. The topological polar surface area (TPSA) is 62.4 Å². The number of hydrogen-bond acceptors (Lipinski definition) is 5. The van der Waals surface area contributed by atoms with Crippen molar-refractivity contribution in [3.63, 3.8) is 0 Å². The Bertz CT molecular complexity index is 326. The van der Waals surface area contributed by atoms with Gasteiger partial charge in [0.15, 0.2) is 0 Å². The van der Waals surface area contributed by atoms with E-state index in [1.54, 1.807) is 6.92 Å². The van der Waals surface area contributed by atoms with Crippen molar-refractivity contribution in [2.24, 2.45) is 0 Å². The van der Waals surface area contributed by atoms with Gasteiger partial charge in [-0.2, -0.15) is 0 Å². The maximum atomic E-state index is 9.57. The zero-order valence-corrected chi connectivity index (χ0v) is 9.18. The van der Waals surface area contributed by atoms with Crippen molar-refractivity contribution in [3.8, 4) is 0 Å². The van der Waals surface area contributed by atoms with Crippen LogP contribution in [-0.4, -0.2) is 39.4 Å². The zero-order chi connectivity index (χ0) is 10.8. The van der Waals surface area contributed by atoms with E-state index in [1.807, 2.05) is 6.92 Å². The van der Waals surface area contributed by atoms with Crippen LogP contribution in [0.4, 0.5) is 0 Å². The summed E-state index contributed by atoms with van der Waals surface area (Å²) in [6.07, 6.45) is 1.70. The Labute approximate surface area is 89.1 Å². The molecule has 5 nitrogen and oxygen atoms in total. The van der Waals surface area contributed by atoms with E-state index in [2.05, 4.69) is 15.1 Å². The number of likely N-dealkylation sites (tertiary alicyclic amines) is 1. The third-order valence-corrected chi connectivity index (χ3v) is 2.87. The van der Waals surface area contributed by atoms with Crippen molar-refractivity contribution in [1.29, 1.82) is 0 Å². The Kier molecular flexibility index (Phi) is 3.02. The summed E-state index contributed by atoms with van der Waals surface area (Å²) in [6.45, 7) is 5.50. The molecule has 84 valence electrons. The molecule has 1 aromatic rings. The molecule has 15 heavy (non-hydrogen) atoms. The molecular weight excluding hydrogens is 194 g/mol. The quantitative estimate of drug-likeness (QED) is 0.787. The Morgan fingerprint density at radius 2 is 2.33 bits per heavy atom. The number of nitrogens with zero attached hydrogens (tertiary/aromatic N) is 3. The van der Waals surface area contributed by atoms with E-state index in [1.165, 1.54) is 0 Å². The second kappa shape index (κ2) is 4.28. The molecule has 1 aliphatic rings. The smallest absolute Gasteiger partial charge is 0.233 e. The molecule has 0 aromatic carbocycles. The van der Waals surface area contributed by atoms with Crippen LogP contribution in [0.3, 0.4) is 0 Å². The van der Waals surface area contributed by atoms with Crippen LogP contribution in [0.1, 0.15) is 37.6 Å². The highest BCUT2D eigenvalue weighted by atomic mass is 16.4. The summed E-state index contributed by atoms with van der Waals surface area (Å²) in [5, 5.41) is 17.4. The molecule has 1 fully saturated rings. The van der Waals surface area contributed by atoms with Gasteiger partial charge >= 0.3 is 0 Å². The van der Waals surface area contributed by atoms with E-state index >= 15 is 0 Å². The third kappa shape index (κ3) is 2.35. The van der Waals surface area contributed by atoms with Gasteiger partial charge in [0.2, 0.25) is 11.8 Å². The van der Waals surface area contributed by atoms with E-state index in [-0.39, 0.29) is 12.1 Å². The number of aliphatic hydroxyl groups is 1. The molecule has 0 radical (unpaired) electrons. The van der Waals surface area contributed by atoms with Crippen molar-refractivity contribution in [3.05, 3.63) is 11.8 Å². The van der Waals surface area contributed by atoms with Gasteiger partial charge in [-0.15, -0.1) is 10.2 Å². The number of aliphatic hydroxyl groups excluding tert-OH is 1. The molecule has 2 rings (SSSR count). The van der Waals surface area contributed by atoms with Gasteiger partial charge in [0.1, 0.15) is 0 Å². The number of aromatic nitrogens is 2. The Morgan fingerprint density at radius 3 is 2.93 bits per heavy atom. The zero-order valence-electron chi connectivity index (χ0n) is 9.18. The van der Waals surface area contributed by atoms with Gasteiger partial charge in [-0.05, 0) is 26.3 Å². The van der Waals surface area contributed by atoms with Gasteiger partial charge in [-0.25, -0.2) is 0 Å². The summed E-state index contributed by atoms with van der Waals surface area (Å²) in [6, 6.07) is 0.0983. The number of rotatable bonds is 2. The molecule has 0 spiro atoms. The second-order valence-electron chi connectivity index (χ2n) is 4.13. The van der Waals surface area contributed by atoms with Crippen LogP contribution in [0.25, 0.3) is 0 Å². The summed E-state index contributed by atoms with van der Waals surface area (Å²) in [5.41, 5.74) is 0. The van der Waals surface area contributed by atoms with Crippen LogP contribution in [0.2, 0.25) is 0 Å². The molecule has 0 unspecified atom stereocenters. The highest BCUT2D eigenvalue weighted by Gasteiger charge is 2.25. The molecule has 5 heteroatoms. The first-order valence-corrected chi connectivity index (χ1v) is 5.39. The molecule has 0 aliphatic carbocycles. The van der Waals surface area contributed by atoms with Crippen molar-refractivity contribution < 1.29 is 9.52 Å². The lowest BCUT2D eigenvalue weighted by atomic mass is 10.1. The van der Waals surface area contributed by atoms with Crippen LogP contribution in [-0.2, 0) is 0 Å². The SMILES string of the molecule is Cc1nnc([C@@H](C)N2CCC[C@H](O)C2)o1. The van der Waals surface area contributed by atoms with E-state index in [4.69, 9.17) is 4.42 Å². The van der Waals surface area contributed by atoms with Gasteiger partial charge in [0.05, 0.1) is 12.1 Å². The van der Waals surface area contributed by atoms with Crippen molar-refractivity contribution in [2.75, 3.05) is 13.1 Å². The van der Waals surface area contributed by atoms with E-state index < -0.39 is 0 Å². The lowest BCUT2D eigenvalue weighted by Crippen LogP contribution is -2.39. The fourth-order valence-corrected chi connectivity index (χ4v) is 1.97. The van der Waals surface area contributed by atoms with Crippen LogP contribution in [0, 0.1) is 6.92 Å². The molecule has 1 aromatic heterocycles. The van der Waals surface area contributed by atoms with Crippen molar-refractivity contribution in [2.45, 2.75) is 38.8 Å². The van der Waals surface area contributed by atoms with Crippen molar-refractivity contribution >= 4 is 0 Å². The average Bonchev–Trinajstić information content (AvgIpc) is 2.64. The maximum absolute atomic E-state index is 9.57. The lowest BCUT2D eigenvalue weighted by molar-refractivity contribution is 0.0436. The highest BCUT2D eigenvalue weighted by Crippen LogP contribution is 2.22. The van der Waals surface area contributed by atoms with Gasteiger partial charge < -0.3 is 9.52 Å². The Hall–Kier alpha value is -0.940. The average molecular weight is 211 g/mol. The number of aryl methyl sites for hydroxylation is 1. The minimum atomic E-state index is -0.217. The fraction of sp³-hybridized carbons (Fsp3) is 0.800. The fourth-order valence-electron chi connectivity index (χ4n) is 1.97. The lowest BCUT2D eigenvalue weighted by Gasteiger charge is -2.32. The summed E-state index contributed by atoms with van der Waals surface area (Å²) < 4.78 is 5.39. The first kappa shape index (κ1) is 10.6. The number of β-amino-alcohol motifs (C(OH)–C–C–N with tert-alkyl or cyclic N) is 1. The number of hydrogen-bond donors (Lipinski definition) is 1. The van der Waals surface area contributed by atoms with Crippen LogP contribution < -0.4 is 0 Å². The van der Waals surface area contributed by atoms with Gasteiger partial charge in [-0.3, -0.25) is 4.90 Å². The standard InChI is InChI=1S/C10H17N3O2/c1-7(10-12-11-8(2)15-10)13-5-3-4-9(14)6-13/h7,9,14H,3-6H2,1-2H3/t7-,9+/m1/s1. The first-order valence-electron chi connectivity index (χ1n) is 5.39. The Balaban J connectivity index is 2.03. The molecule has 2 atom stereocenters. The largest absolute Gasteiger partial charge is 0.424 e. The predicted molar refractivity (Wildman–Crippen MR) is 54.3 cm³/mol. The molecule has 0 bridgehead atoms. The van der Waals surface area contributed by atoms with Crippen LogP contribution in [0.15, 0.2) is 4.42 Å². The van der Waals surface area contributed by atoms with E-state index in [0.717, 1.165) is 19.4 Å². The summed E-state index contributed by atoms with van der Waals surface area (Å²) in [5.74, 6) is 1.23. The molecule has 1 N–H and O–H groups in total. The molecule has 0 saturated carbocycles. The molecule has 0 amide bonds. The second-order valence-corrected chi connectivity index (χ2v) is 4.13. The molecular formula is C10H17N3O2. The third-order valence-electron chi connectivity index (χ3n) is 2.87. The predicted octanol–water partition coefficient (Wildman–Crippen LogP) is 0.896. The van der Waals surface area contributed by atoms with Crippen LogP contribution >= 0.6 is 0 Å². The Morgan fingerprint density at radius 1 is 1.53 bits per heavy atom. The number of piperidine rings is 1.